The van der Waals surface area contributed by atoms with Gasteiger partial charge in [0, 0.05) is 7.05 Å². The molecule has 0 radical (unpaired) electrons. The summed E-state index contributed by atoms with van der Waals surface area (Å²) in [5.74, 6) is 0. The van der Waals surface area contributed by atoms with Gasteiger partial charge in [-0.05, 0) is 33.7 Å². The molecule has 1 atom stereocenters. The number of rotatable bonds is 1. The SMILES string of the molecule is Cn1ncc(S(=O)[O-])c1I.[Na+]. The second-order valence-corrected chi connectivity index (χ2v) is 3.59. The fraction of sp³-hybridized carbons (Fsp3) is 0.250. The standard InChI is InChI=1S/C4H5IN2O2S.Na/c1-7-4(5)3(2-6-7)10(8)9;/h2H,1H3,(H,8,9);/q;+1/p-1. The van der Waals surface area contributed by atoms with Gasteiger partial charge in [-0.1, -0.05) is 0 Å². The largest absolute Gasteiger partial charge is 1.00 e. The minimum atomic E-state index is -2.16. The van der Waals surface area contributed by atoms with E-state index in [1.165, 1.54) is 10.9 Å². The molecule has 0 N–H and O–H groups in total. The van der Waals surface area contributed by atoms with E-state index in [2.05, 4.69) is 5.10 Å². The number of halogens is 1. The predicted molar refractivity (Wildman–Crippen MR) is 43.1 cm³/mol. The Morgan fingerprint density at radius 1 is 1.82 bits per heavy atom. The van der Waals surface area contributed by atoms with E-state index in [4.69, 9.17) is 0 Å². The molecule has 7 heteroatoms. The summed E-state index contributed by atoms with van der Waals surface area (Å²) < 4.78 is 22.9. The van der Waals surface area contributed by atoms with Crippen molar-refractivity contribution in [3.8, 4) is 0 Å². The van der Waals surface area contributed by atoms with Crippen LogP contribution in [-0.2, 0) is 18.1 Å². The summed E-state index contributed by atoms with van der Waals surface area (Å²) in [5.41, 5.74) is 0. The van der Waals surface area contributed by atoms with Gasteiger partial charge in [-0.3, -0.25) is 8.89 Å². The molecule has 0 aromatic carbocycles. The van der Waals surface area contributed by atoms with E-state index in [0.717, 1.165) is 0 Å². The first-order chi connectivity index (χ1) is 4.63. The zero-order valence-electron chi connectivity index (χ0n) is 6.07. The van der Waals surface area contributed by atoms with E-state index >= 15 is 0 Å². The molecule has 11 heavy (non-hydrogen) atoms. The fourth-order valence-corrected chi connectivity index (χ4v) is 1.72. The first kappa shape index (κ1) is 12.0. The topological polar surface area (TPSA) is 58.0 Å². The van der Waals surface area contributed by atoms with Gasteiger partial charge >= 0.3 is 29.6 Å². The molecule has 0 fully saturated rings. The number of aromatic nitrogens is 2. The normalized spacial score (nSPS) is 12.3. The van der Waals surface area contributed by atoms with Crippen molar-refractivity contribution in [3.63, 3.8) is 0 Å². The van der Waals surface area contributed by atoms with E-state index in [9.17, 15) is 8.76 Å². The third-order valence-corrected chi connectivity index (χ3v) is 3.32. The minimum Gasteiger partial charge on any atom is -0.768 e. The van der Waals surface area contributed by atoms with Crippen LogP contribution in [-0.4, -0.2) is 18.5 Å². The first-order valence-corrected chi connectivity index (χ1v) is 4.55. The van der Waals surface area contributed by atoms with Gasteiger partial charge in [0.1, 0.15) is 3.70 Å². The van der Waals surface area contributed by atoms with Crippen LogP contribution in [0.5, 0.6) is 0 Å². The van der Waals surface area contributed by atoms with Gasteiger partial charge in [0.2, 0.25) is 0 Å². The van der Waals surface area contributed by atoms with Gasteiger partial charge in [0.25, 0.3) is 0 Å². The monoisotopic (exact) mass is 294 g/mol. The summed E-state index contributed by atoms with van der Waals surface area (Å²) in [6.45, 7) is 0. The summed E-state index contributed by atoms with van der Waals surface area (Å²) in [4.78, 5) is 0.253. The number of hydrogen-bond acceptors (Lipinski definition) is 3. The molecule has 0 aliphatic heterocycles. The van der Waals surface area contributed by atoms with Gasteiger partial charge in [-0.2, -0.15) is 5.10 Å². The summed E-state index contributed by atoms with van der Waals surface area (Å²) >= 11 is -0.238. The Hall–Kier alpha value is 1.05. The Kier molecular flexibility index (Phi) is 5.40. The summed E-state index contributed by atoms with van der Waals surface area (Å²) in [5, 5.41) is 3.75. The molecule has 0 saturated heterocycles. The van der Waals surface area contributed by atoms with Gasteiger partial charge in [-0.15, -0.1) is 0 Å². The maximum Gasteiger partial charge on any atom is 1.00 e. The van der Waals surface area contributed by atoms with Crippen molar-refractivity contribution in [2.45, 2.75) is 4.90 Å². The van der Waals surface area contributed by atoms with E-state index in [1.807, 2.05) is 22.6 Å². The van der Waals surface area contributed by atoms with Crippen LogP contribution in [0.1, 0.15) is 0 Å². The van der Waals surface area contributed by atoms with Gasteiger partial charge in [-0.25, -0.2) is 0 Å². The van der Waals surface area contributed by atoms with Crippen LogP contribution in [0.4, 0.5) is 0 Å². The third kappa shape index (κ3) is 2.78. The Morgan fingerprint density at radius 2 is 2.36 bits per heavy atom. The van der Waals surface area contributed by atoms with Crippen molar-refractivity contribution in [2.75, 3.05) is 0 Å². The second-order valence-electron chi connectivity index (χ2n) is 1.66. The summed E-state index contributed by atoms with van der Waals surface area (Å²) in [6.07, 6.45) is 1.32. The van der Waals surface area contributed by atoms with Crippen LogP contribution in [0.25, 0.3) is 0 Å². The van der Waals surface area contributed by atoms with Crippen molar-refractivity contribution < 1.29 is 38.3 Å². The average molecular weight is 294 g/mol. The summed E-state index contributed by atoms with van der Waals surface area (Å²) in [6, 6.07) is 0. The van der Waals surface area contributed by atoms with Crippen molar-refractivity contribution in [1.82, 2.24) is 9.78 Å². The van der Waals surface area contributed by atoms with Gasteiger partial charge < -0.3 is 4.55 Å². The zero-order valence-corrected chi connectivity index (χ0v) is 11.0. The quantitative estimate of drug-likeness (QED) is 0.321. The van der Waals surface area contributed by atoms with E-state index < -0.39 is 11.1 Å². The first-order valence-electron chi connectivity index (χ1n) is 2.39. The molecule has 56 valence electrons. The molecule has 0 aliphatic carbocycles. The molecule has 1 aromatic heterocycles. The van der Waals surface area contributed by atoms with Gasteiger partial charge in [0.15, 0.2) is 0 Å². The maximum absolute atomic E-state index is 10.4. The molecular weight excluding hydrogens is 290 g/mol. The number of aryl methyl sites for hydroxylation is 1. The van der Waals surface area contributed by atoms with Gasteiger partial charge in [0.05, 0.1) is 11.1 Å². The Balaban J connectivity index is 0.000001000. The van der Waals surface area contributed by atoms with Crippen molar-refractivity contribution in [1.29, 1.82) is 0 Å². The Morgan fingerprint density at radius 3 is 2.55 bits per heavy atom. The molecule has 1 rings (SSSR count). The number of hydrogen-bond donors (Lipinski definition) is 0. The molecular formula is C4H4IN2NaO2S. The Bertz CT molecular complexity index is 277. The number of nitrogens with zero attached hydrogens (tertiary/aromatic N) is 2. The molecule has 0 amide bonds. The van der Waals surface area contributed by atoms with Crippen molar-refractivity contribution in [3.05, 3.63) is 9.90 Å². The van der Waals surface area contributed by atoms with Crippen LogP contribution in [0.15, 0.2) is 11.1 Å². The van der Waals surface area contributed by atoms with E-state index in [1.54, 1.807) is 7.05 Å². The molecule has 4 nitrogen and oxygen atoms in total. The van der Waals surface area contributed by atoms with Crippen molar-refractivity contribution in [2.24, 2.45) is 7.05 Å². The minimum absolute atomic E-state index is 0. The Labute approximate surface area is 102 Å². The second kappa shape index (κ2) is 4.93. The van der Waals surface area contributed by atoms with Crippen LogP contribution in [0.3, 0.4) is 0 Å². The van der Waals surface area contributed by atoms with Crippen LogP contribution in [0, 0.1) is 3.70 Å². The average Bonchev–Trinajstić information content (AvgIpc) is 2.14. The predicted octanol–water partition coefficient (Wildman–Crippen LogP) is -2.73. The van der Waals surface area contributed by atoms with Crippen LogP contribution >= 0.6 is 22.6 Å². The zero-order chi connectivity index (χ0) is 7.72. The van der Waals surface area contributed by atoms with Crippen molar-refractivity contribution >= 4 is 33.7 Å². The molecule has 1 unspecified atom stereocenters. The van der Waals surface area contributed by atoms with E-state index in [0.29, 0.717) is 3.70 Å². The third-order valence-electron chi connectivity index (χ3n) is 1.02. The molecule has 0 bridgehead atoms. The summed E-state index contributed by atoms with van der Waals surface area (Å²) in [7, 11) is 1.69. The fourth-order valence-electron chi connectivity index (χ4n) is 0.514. The van der Waals surface area contributed by atoms with Crippen LogP contribution < -0.4 is 29.6 Å². The van der Waals surface area contributed by atoms with E-state index in [-0.39, 0.29) is 34.5 Å². The maximum atomic E-state index is 10.4. The molecule has 1 heterocycles. The smallest absolute Gasteiger partial charge is 0.768 e. The van der Waals surface area contributed by atoms with Crippen LogP contribution in [0.2, 0.25) is 0 Å². The molecule has 0 spiro atoms. The molecule has 0 aliphatic rings. The molecule has 1 aromatic rings. The molecule has 0 saturated carbocycles.